The van der Waals surface area contributed by atoms with E-state index in [4.69, 9.17) is 11.6 Å². The van der Waals surface area contributed by atoms with Crippen LogP contribution in [0, 0.1) is 10.5 Å². The van der Waals surface area contributed by atoms with Gasteiger partial charge in [-0.1, -0.05) is 11.6 Å². The van der Waals surface area contributed by atoms with Crippen LogP contribution in [-0.2, 0) is 0 Å². The second-order valence-electron chi connectivity index (χ2n) is 4.98. The van der Waals surface area contributed by atoms with E-state index in [1.165, 1.54) is 25.3 Å². The minimum Gasteiger partial charge on any atom is -0.378 e. The van der Waals surface area contributed by atoms with Crippen LogP contribution in [0.15, 0.2) is 41.3 Å². The molecule has 4 heteroatoms. The Morgan fingerprint density at radius 2 is 2.10 bits per heavy atom. The normalized spacial score (nSPS) is 17.6. The van der Waals surface area contributed by atoms with Crippen LogP contribution in [0.25, 0.3) is 0 Å². The molecule has 0 spiro atoms. The molecule has 1 aliphatic heterocycles. The predicted octanol–water partition coefficient (Wildman–Crippen LogP) is 5.90. The molecule has 1 N–H and O–H groups in total. The molecule has 1 atom stereocenters. The van der Waals surface area contributed by atoms with E-state index in [1.807, 2.05) is 17.8 Å². The molecule has 0 aromatic heterocycles. The summed E-state index contributed by atoms with van der Waals surface area (Å²) < 4.78 is 1.27. The lowest BCUT2D eigenvalue weighted by Crippen LogP contribution is -2.16. The van der Waals surface area contributed by atoms with Gasteiger partial charge in [-0.25, -0.2) is 0 Å². The second-order valence-corrected chi connectivity index (χ2v) is 7.79. The third-order valence-corrected chi connectivity index (χ3v) is 5.56. The van der Waals surface area contributed by atoms with E-state index in [9.17, 15) is 0 Å². The number of fused-ring (bicyclic) bond motifs is 1. The predicted molar refractivity (Wildman–Crippen MR) is 97.1 cm³/mol. The van der Waals surface area contributed by atoms with Gasteiger partial charge in [0.1, 0.15) is 0 Å². The molecule has 1 heterocycles. The number of hydrogen-bond donors (Lipinski definition) is 1. The van der Waals surface area contributed by atoms with Gasteiger partial charge in [-0.3, -0.25) is 0 Å². The highest BCUT2D eigenvalue weighted by atomic mass is 127. The monoisotopic (exact) mass is 415 g/mol. The van der Waals surface area contributed by atoms with Crippen molar-refractivity contribution in [1.82, 2.24) is 0 Å². The number of benzene rings is 2. The zero-order valence-electron chi connectivity index (χ0n) is 11.1. The van der Waals surface area contributed by atoms with Crippen LogP contribution in [-0.4, -0.2) is 5.75 Å². The van der Waals surface area contributed by atoms with E-state index < -0.39 is 0 Å². The van der Waals surface area contributed by atoms with Crippen LogP contribution in [0.1, 0.15) is 23.6 Å². The maximum atomic E-state index is 6.16. The molecule has 1 aliphatic rings. The van der Waals surface area contributed by atoms with Crippen LogP contribution in [0.3, 0.4) is 0 Å². The lowest BCUT2D eigenvalue weighted by Gasteiger charge is -2.27. The highest BCUT2D eigenvalue weighted by Crippen LogP contribution is 2.39. The first kappa shape index (κ1) is 14.5. The smallest absolute Gasteiger partial charge is 0.0533 e. The van der Waals surface area contributed by atoms with Gasteiger partial charge in [-0.2, -0.15) is 0 Å². The van der Waals surface area contributed by atoms with E-state index in [0.717, 1.165) is 17.2 Å². The summed E-state index contributed by atoms with van der Waals surface area (Å²) in [6, 6.07) is 13.1. The van der Waals surface area contributed by atoms with Crippen molar-refractivity contribution >= 4 is 51.6 Å². The van der Waals surface area contributed by atoms with E-state index in [-0.39, 0.29) is 0 Å². The largest absolute Gasteiger partial charge is 0.378 e. The molecule has 0 fully saturated rings. The molecule has 3 rings (SSSR count). The third kappa shape index (κ3) is 3.10. The molecule has 0 radical (unpaired) electrons. The van der Waals surface area contributed by atoms with Gasteiger partial charge in [0.2, 0.25) is 0 Å². The Kier molecular flexibility index (Phi) is 4.48. The van der Waals surface area contributed by atoms with Gasteiger partial charge in [0.15, 0.2) is 0 Å². The molecule has 2 aromatic rings. The second kappa shape index (κ2) is 6.16. The van der Waals surface area contributed by atoms with Crippen molar-refractivity contribution < 1.29 is 0 Å². The summed E-state index contributed by atoms with van der Waals surface area (Å²) >= 11 is 10.4. The molecule has 2 aromatic carbocycles. The Morgan fingerprint density at radius 1 is 1.25 bits per heavy atom. The molecule has 0 saturated heterocycles. The number of hydrogen-bond acceptors (Lipinski definition) is 2. The van der Waals surface area contributed by atoms with Gasteiger partial charge in [-0.05, 0) is 83.5 Å². The molecule has 104 valence electrons. The van der Waals surface area contributed by atoms with Gasteiger partial charge in [0.25, 0.3) is 0 Å². The maximum Gasteiger partial charge on any atom is 0.0533 e. The fourth-order valence-corrected chi connectivity index (χ4v) is 4.43. The van der Waals surface area contributed by atoms with Crippen molar-refractivity contribution in [2.45, 2.75) is 24.3 Å². The molecule has 0 saturated carbocycles. The first-order chi connectivity index (χ1) is 9.63. The number of rotatable bonds is 2. The van der Waals surface area contributed by atoms with Gasteiger partial charge >= 0.3 is 0 Å². The molecular weight excluding hydrogens is 401 g/mol. The van der Waals surface area contributed by atoms with E-state index in [1.54, 1.807) is 0 Å². The Bertz CT molecular complexity index is 644. The van der Waals surface area contributed by atoms with E-state index in [2.05, 4.69) is 65.2 Å². The standard InChI is InChI=1S/C16H15ClINS/c1-10-8-12(18)3-4-14(10)19-15-6-7-20-16-5-2-11(17)9-13(15)16/h2-5,8-9,15,19H,6-7H2,1H3. The molecule has 0 amide bonds. The maximum absolute atomic E-state index is 6.16. The van der Waals surface area contributed by atoms with Crippen LogP contribution in [0.2, 0.25) is 5.02 Å². The summed E-state index contributed by atoms with van der Waals surface area (Å²) in [5, 5.41) is 4.50. The molecule has 20 heavy (non-hydrogen) atoms. The van der Waals surface area contributed by atoms with Crippen LogP contribution in [0.5, 0.6) is 0 Å². The molecule has 1 nitrogen and oxygen atoms in total. The summed E-state index contributed by atoms with van der Waals surface area (Å²) in [5.74, 6) is 1.15. The van der Waals surface area contributed by atoms with Crippen molar-refractivity contribution in [3.05, 3.63) is 56.1 Å². The lowest BCUT2D eigenvalue weighted by molar-refractivity contribution is 0.728. The van der Waals surface area contributed by atoms with Gasteiger partial charge in [0, 0.05) is 24.9 Å². The highest BCUT2D eigenvalue weighted by Gasteiger charge is 2.21. The van der Waals surface area contributed by atoms with Crippen molar-refractivity contribution in [3.63, 3.8) is 0 Å². The van der Waals surface area contributed by atoms with Gasteiger partial charge in [-0.15, -0.1) is 11.8 Å². The minimum absolute atomic E-state index is 0.351. The van der Waals surface area contributed by atoms with Crippen molar-refractivity contribution in [2.75, 3.05) is 11.1 Å². The van der Waals surface area contributed by atoms with Crippen molar-refractivity contribution in [3.8, 4) is 0 Å². The number of halogens is 2. The Labute approximate surface area is 142 Å². The Balaban J connectivity index is 1.91. The average molecular weight is 416 g/mol. The molecule has 0 aliphatic carbocycles. The SMILES string of the molecule is Cc1cc(I)ccc1NC1CCSc2ccc(Cl)cc21. The first-order valence-corrected chi connectivity index (χ1v) is 9.02. The molecule has 1 unspecified atom stereocenters. The Morgan fingerprint density at radius 3 is 2.90 bits per heavy atom. The summed E-state index contributed by atoms with van der Waals surface area (Å²) in [5.41, 5.74) is 3.83. The lowest BCUT2D eigenvalue weighted by atomic mass is 10.0. The van der Waals surface area contributed by atoms with Gasteiger partial charge < -0.3 is 5.32 Å². The zero-order valence-corrected chi connectivity index (χ0v) is 14.8. The number of thioether (sulfide) groups is 1. The Hall–Kier alpha value is -0.390. The van der Waals surface area contributed by atoms with Crippen LogP contribution < -0.4 is 5.32 Å². The molecular formula is C16H15ClINS. The topological polar surface area (TPSA) is 12.0 Å². The van der Waals surface area contributed by atoms with Crippen LogP contribution in [0.4, 0.5) is 5.69 Å². The van der Waals surface area contributed by atoms with Gasteiger partial charge in [0.05, 0.1) is 6.04 Å². The summed E-state index contributed by atoms with van der Waals surface area (Å²) in [7, 11) is 0. The number of anilines is 1. The quantitative estimate of drug-likeness (QED) is 0.613. The van der Waals surface area contributed by atoms with Crippen molar-refractivity contribution in [1.29, 1.82) is 0 Å². The van der Waals surface area contributed by atoms with Crippen LogP contribution >= 0.6 is 46.0 Å². The number of nitrogens with one attached hydrogen (secondary N) is 1. The number of aryl methyl sites for hydroxylation is 1. The molecule has 0 bridgehead atoms. The summed E-state index contributed by atoms with van der Waals surface area (Å²) in [6.07, 6.45) is 1.13. The average Bonchev–Trinajstić information content (AvgIpc) is 2.42. The first-order valence-electron chi connectivity index (χ1n) is 6.58. The van der Waals surface area contributed by atoms with E-state index >= 15 is 0 Å². The summed E-state index contributed by atoms with van der Waals surface area (Å²) in [4.78, 5) is 1.35. The fraction of sp³-hybridized carbons (Fsp3) is 0.250. The highest BCUT2D eigenvalue weighted by molar-refractivity contribution is 14.1. The third-order valence-electron chi connectivity index (χ3n) is 3.53. The zero-order chi connectivity index (χ0) is 14.1. The van der Waals surface area contributed by atoms with Crippen molar-refractivity contribution in [2.24, 2.45) is 0 Å². The fourth-order valence-electron chi connectivity index (χ4n) is 2.49. The minimum atomic E-state index is 0.351. The van der Waals surface area contributed by atoms with E-state index in [0.29, 0.717) is 6.04 Å². The summed E-state index contributed by atoms with van der Waals surface area (Å²) in [6.45, 7) is 2.15.